The number of alkyl halides is 3. The van der Waals surface area contributed by atoms with Gasteiger partial charge in [0.15, 0.2) is 0 Å². The average molecular weight is 258 g/mol. The van der Waals surface area contributed by atoms with Crippen LogP contribution < -0.4 is 5.73 Å². The average Bonchev–Trinajstić information content (AvgIpc) is 2.31. The molecule has 2 rings (SSSR count). The number of benzene rings is 1. The Morgan fingerprint density at radius 1 is 1.17 bits per heavy atom. The summed E-state index contributed by atoms with van der Waals surface area (Å²) in [6, 6.07) is 5.97. The molecule has 0 saturated carbocycles. The molecule has 2 N–H and O–H groups in total. The Morgan fingerprint density at radius 3 is 2.39 bits per heavy atom. The quantitative estimate of drug-likeness (QED) is 0.883. The Hall–Kier alpha value is -1.07. The molecule has 1 aliphatic heterocycles. The third-order valence-corrected chi connectivity index (χ3v) is 3.35. The maximum atomic E-state index is 12.8. The van der Waals surface area contributed by atoms with E-state index in [9.17, 15) is 13.2 Å². The van der Waals surface area contributed by atoms with Crippen molar-refractivity contribution >= 4 is 0 Å². The van der Waals surface area contributed by atoms with E-state index in [0.717, 1.165) is 32.0 Å². The first-order chi connectivity index (χ1) is 8.47. The van der Waals surface area contributed by atoms with E-state index in [2.05, 4.69) is 0 Å². The molecule has 0 aromatic heterocycles. The summed E-state index contributed by atoms with van der Waals surface area (Å²) in [5.74, 6) is 0. The third kappa shape index (κ3) is 3.23. The zero-order valence-corrected chi connectivity index (χ0v) is 10.1. The van der Waals surface area contributed by atoms with E-state index < -0.39 is 11.7 Å². The van der Waals surface area contributed by atoms with Gasteiger partial charge in [0.2, 0.25) is 0 Å². The molecule has 18 heavy (non-hydrogen) atoms. The molecule has 1 fully saturated rings. The molecule has 5 heteroatoms. The van der Waals surface area contributed by atoms with Crippen LogP contribution in [-0.2, 0) is 12.7 Å². The third-order valence-electron chi connectivity index (χ3n) is 3.35. The first kappa shape index (κ1) is 13.4. The minimum atomic E-state index is -4.28. The smallest absolute Gasteiger partial charge is 0.328 e. The molecule has 100 valence electrons. The lowest BCUT2D eigenvalue weighted by molar-refractivity contribution is -0.138. The summed E-state index contributed by atoms with van der Waals surface area (Å²) < 4.78 is 38.5. The molecule has 1 saturated heterocycles. The van der Waals surface area contributed by atoms with Crippen molar-refractivity contribution < 1.29 is 13.2 Å². The van der Waals surface area contributed by atoms with Gasteiger partial charge in [0.1, 0.15) is 0 Å². The van der Waals surface area contributed by atoms with E-state index in [-0.39, 0.29) is 6.04 Å². The van der Waals surface area contributed by atoms with Crippen LogP contribution in [0.15, 0.2) is 24.3 Å². The molecule has 1 aromatic carbocycles. The van der Waals surface area contributed by atoms with Gasteiger partial charge in [0.25, 0.3) is 0 Å². The van der Waals surface area contributed by atoms with Gasteiger partial charge in [-0.25, -0.2) is 0 Å². The highest BCUT2D eigenvalue weighted by molar-refractivity contribution is 5.29. The number of nitrogens with two attached hydrogens (primary N) is 1. The lowest BCUT2D eigenvalue weighted by Crippen LogP contribution is -2.39. The Morgan fingerprint density at radius 2 is 1.78 bits per heavy atom. The van der Waals surface area contributed by atoms with Crippen molar-refractivity contribution in [2.75, 3.05) is 13.1 Å². The molecule has 0 radical (unpaired) electrons. The topological polar surface area (TPSA) is 29.3 Å². The Balaban J connectivity index is 2.10. The second kappa shape index (κ2) is 5.28. The van der Waals surface area contributed by atoms with Crippen LogP contribution in [0.2, 0.25) is 0 Å². The normalized spacial score (nSPS) is 19.1. The Labute approximate surface area is 105 Å². The van der Waals surface area contributed by atoms with Crippen LogP contribution >= 0.6 is 0 Å². The fourth-order valence-electron chi connectivity index (χ4n) is 2.29. The van der Waals surface area contributed by atoms with E-state index >= 15 is 0 Å². The maximum absolute atomic E-state index is 12.8. The van der Waals surface area contributed by atoms with Crippen LogP contribution in [0.4, 0.5) is 13.2 Å². The van der Waals surface area contributed by atoms with Crippen molar-refractivity contribution in [2.24, 2.45) is 5.73 Å². The predicted octanol–water partition coefficient (Wildman–Crippen LogP) is 2.63. The van der Waals surface area contributed by atoms with Crippen LogP contribution in [0.3, 0.4) is 0 Å². The molecule has 0 atom stereocenters. The second-order valence-corrected chi connectivity index (χ2v) is 4.77. The first-order valence-corrected chi connectivity index (χ1v) is 6.10. The van der Waals surface area contributed by atoms with Crippen LogP contribution in [0, 0.1) is 0 Å². The van der Waals surface area contributed by atoms with E-state index in [4.69, 9.17) is 5.73 Å². The highest BCUT2D eigenvalue weighted by Crippen LogP contribution is 2.32. The largest absolute Gasteiger partial charge is 0.416 e. The minimum absolute atomic E-state index is 0.194. The Bertz CT molecular complexity index is 395. The summed E-state index contributed by atoms with van der Waals surface area (Å²) in [5, 5.41) is 0. The number of piperidine rings is 1. The van der Waals surface area contributed by atoms with Gasteiger partial charge in [-0.3, -0.25) is 4.90 Å². The number of likely N-dealkylation sites (tertiary alicyclic amines) is 1. The summed E-state index contributed by atoms with van der Waals surface area (Å²) in [7, 11) is 0. The zero-order valence-electron chi connectivity index (χ0n) is 10.1. The number of nitrogens with zero attached hydrogens (tertiary/aromatic N) is 1. The fourth-order valence-corrected chi connectivity index (χ4v) is 2.29. The fraction of sp³-hybridized carbons (Fsp3) is 0.538. The van der Waals surface area contributed by atoms with E-state index in [1.54, 1.807) is 12.1 Å². The van der Waals surface area contributed by atoms with Gasteiger partial charge in [-0.15, -0.1) is 0 Å². The van der Waals surface area contributed by atoms with Crippen LogP contribution in [0.25, 0.3) is 0 Å². The Kier molecular flexibility index (Phi) is 3.92. The van der Waals surface area contributed by atoms with E-state index in [0.29, 0.717) is 12.1 Å². The summed E-state index contributed by atoms with van der Waals surface area (Å²) in [6.45, 7) is 1.89. The van der Waals surface area contributed by atoms with Crippen molar-refractivity contribution in [1.82, 2.24) is 4.90 Å². The molecule has 0 bridgehead atoms. The van der Waals surface area contributed by atoms with Gasteiger partial charge in [-0.1, -0.05) is 18.2 Å². The summed E-state index contributed by atoms with van der Waals surface area (Å²) in [4.78, 5) is 2.04. The highest BCUT2D eigenvalue weighted by atomic mass is 19.4. The monoisotopic (exact) mass is 258 g/mol. The van der Waals surface area contributed by atoms with Crippen molar-refractivity contribution in [3.63, 3.8) is 0 Å². The summed E-state index contributed by atoms with van der Waals surface area (Å²) >= 11 is 0. The lowest BCUT2D eigenvalue weighted by atomic mass is 10.0. The molecule has 2 nitrogen and oxygen atoms in total. The molecule has 1 aromatic rings. The number of rotatable bonds is 2. The van der Waals surface area contributed by atoms with Crippen molar-refractivity contribution in [3.8, 4) is 0 Å². The van der Waals surface area contributed by atoms with Gasteiger partial charge in [0, 0.05) is 12.6 Å². The first-order valence-electron chi connectivity index (χ1n) is 6.10. The van der Waals surface area contributed by atoms with Crippen LogP contribution in [0.5, 0.6) is 0 Å². The number of hydrogen-bond acceptors (Lipinski definition) is 2. The minimum Gasteiger partial charge on any atom is -0.328 e. The van der Waals surface area contributed by atoms with Gasteiger partial charge in [-0.05, 0) is 37.6 Å². The van der Waals surface area contributed by atoms with Gasteiger partial charge < -0.3 is 5.73 Å². The molecule has 0 aliphatic carbocycles. The van der Waals surface area contributed by atoms with Crippen molar-refractivity contribution in [2.45, 2.75) is 31.6 Å². The van der Waals surface area contributed by atoms with Crippen molar-refractivity contribution in [1.29, 1.82) is 0 Å². The number of hydrogen-bond donors (Lipinski definition) is 1. The SMILES string of the molecule is NC1CCN(Cc2ccccc2C(F)(F)F)CC1. The van der Waals surface area contributed by atoms with Gasteiger partial charge in [-0.2, -0.15) is 13.2 Å². The van der Waals surface area contributed by atoms with Crippen LogP contribution in [-0.4, -0.2) is 24.0 Å². The van der Waals surface area contributed by atoms with E-state index in [1.165, 1.54) is 6.07 Å². The standard InChI is InChI=1S/C13H17F3N2/c14-13(15,16)12-4-2-1-3-10(12)9-18-7-5-11(17)6-8-18/h1-4,11H,5-9,17H2. The number of halogens is 3. The molecule has 0 unspecified atom stereocenters. The maximum Gasteiger partial charge on any atom is 0.416 e. The van der Waals surface area contributed by atoms with E-state index in [1.807, 2.05) is 4.90 Å². The van der Waals surface area contributed by atoms with Gasteiger partial charge >= 0.3 is 6.18 Å². The van der Waals surface area contributed by atoms with Crippen LogP contribution in [0.1, 0.15) is 24.0 Å². The second-order valence-electron chi connectivity index (χ2n) is 4.77. The highest BCUT2D eigenvalue weighted by Gasteiger charge is 2.33. The van der Waals surface area contributed by atoms with Crippen molar-refractivity contribution in [3.05, 3.63) is 35.4 Å². The molecule has 0 spiro atoms. The molecule has 1 heterocycles. The lowest BCUT2D eigenvalue weighted by Gasteiger charge is -2.30. The molecule has 0 amide bonds. The predicted molar refractivity (Wildman–Crippen MR) is 63.9 cm³/mol. The molecular formula is C13H17F3N2. The molecule has 1 aliphatic rings. The molecular weight excluding hydrogens is 241 g/mol. The summed E-state index contributed by atoms with van der Waals surface area (Å²) in [5.41, 5.74) is 5.60. The van der Waals surface area contributed by atoms with Gasteiger partial charge in [0.05, 0.1) is 5.56 Å². The zero-order chi connectivity index (χ0) is 13.2. The summed E-state index contributed by atoms with van der Waals surface area (Å²) in [6.07, 6.45) is -2.56.